The van der Waals surface area contributed by atoms with Crippen molar-refractivity contribution in [3.05, 3.63) is 23.8 Å². The first-order valence-electron chi connectivity index (χ1n) is 5.24. The van der Waals surface area contributed by atoms with Gasteiger partial charge in [-0.2, -0.15) is 0 Å². The summed E-state index contributed by atoms with van der Waals surface area (Å²) in [5.41, 5.74) is 0.731. The minimum atomic E-state index is -0.223. The van der Waals surface area contributed by atoms with Gasteiger partial charge in [0, 0.05) is 18.3 Å². The van der Waals surface area contributed by atoms with Gasteiger partial charge in [-0.3, -0.25) is 0 Å². The molecule has 84 valence electrons. The van der Waals surface area contributed by atoms with Gasteiger partial charge in [0.2, 0.25) is 0 Å². The number of nitrogens with one attached hydrogen (secondary N) is 1. The molecule has 0 spiro atoms. The van der Waals surface area contributed by atoms with E-state index in [1.165, 1.54) is 0 Å². The zero-order valence-electron chi connectivity index (χ0n) is 9.62. The SMILES string of the molecule is CCC(C)(CO)NCc1ccnc(C)n1. The lowest BCUT2D eigenvalue weighted by Gasteiger charge is -2.27. The van der Waals surface area contributed by atoms with Crippen LogP contribution in [-0.2, 0) is 6.54 Å². The van der Waals surface area contributed by atoms with E-state index >= 15 is 0 Å². The molecule has 0 amide bonds. The van der Waals surface area contributed by atoms with E-state index in [9.17, 15) is 5.11 Å². The van der Waals surface area contributed by atoms with Gasteiger partial charge >= 0.3 is 0 Å². The third kappa shape index (κ3) is 3.57. The van der Waals surface area contributed by atoms with Crippen LogP contribution < -0.4 is 5.32 Å². The number of aryl methyl sites for hydroxylation is 1. The third-order valence-electron chi connectivity index (χ3n) is 2.66. The standard InChI is InChI=1S/C11H19N3O/c1-4-11(3,8-15)13-7-10-5-6-12-9(2)14-10/h5-6,13,15H,4,7-8H2,1-3H3. The Labute approximate surface area is 90.8 Å². The van der Waals surface area contributed by atoms with E-state index in [1.807, 2.05) is 19.9 Å². The zero-order chi connectivity index (χ0) is 11.3. The Balaban J connectivity index is 2.56. The number of aromatic nitrogens is 2. The quantitative estimate of drug-likeness (QED) is 0.760. The highest BCUT2D eigenvalue weighted by molar-refractivity contribution is 5.02. The van der Waals surface area contributed by atoms with Gasteiger partial charge in [0.25, 0.3) is 0 Å². The first kappa shape index (κ1) is 12.1. The van der Waals surface area contributed by atoms with Crippen molar-refractivity contribution in [1.82, 2.24) is 15.3 Å². The molecule has 0 radical (unpaired) electrons. The van der Waals surface area contributed by atoms with E-state index < -0.39 is 0 Å². The molecule has 0 aromatic carbocycles. The smallest absolute Gasteiger partial charge is 0.125 e. The second kappa shape index (κ2) is 5.19. The van der Waals surface area contributed by atoms with Crippen molar-refractivity contribution in [2.45, 2.75) is 39.3 Å². The summed E-state index contributed by atoms with van der Waals surface area (Å²) in [6.45, 7) is 6.71. The van der Waals surface area contributed by atoms with Crippen LogP contribution in [0.5, 0.6) is 0 Å². The molecule has 0 saturated carbocycles. The van der Waals surface area contributed by atoms with E-state index in [2.05, 4.69) is 22.2 Å². The fourth-order valence-electron chi connectivity index (χ4n) is 1.20. The second-order valence-corrected chi connectivity index (χ2v) is 4.02. The molecule has 15 heavy (non-hydrogen) atoms. The van der Waals surface area contributed by atoms with Crippen molar-refractivity contribution in [2.75, 3.05) is 6.61 Å². The average molecular weight is 209 g/mol. The summed E-state index contributed by atoms with van der Waals surface area (Å²) in [4.78, 5) is 8.33. The highest BCUT2D eigenvalue weighted by Gasteiger charge is 2.19. The predicted molar refractivity (Wildman–Crippen MR) is 59.4 cm³/mol. The number of aliphatic hydroxyl groups is 1. The Morgan fingerprint density at radius 3 is 2.80 bits per heavy atom. The monoisotopic (exact) mass is 209 g/mol. The molecule has 0 bridgehead atoms. The topological polar surface area (TPSA) is 58.0 Å². The summed E-state index contributed by atoms with van der Waals surface area (Å²) < 4.78 is 0. The van der Waals surface area contributed by atoms with Gasteiger partial charge in [-0.1, -0.05) is 6.92 Å². The first-order chi connectivity index (χ1) is 7.09. The van der Waals surface area contributed by atoms with Crippen molar-refractivity contribution in [1.29, 1.82) is 0 Å². The Morgan fingerprint density at radius 2 is 2.27 bits per heavy atom. The number of nitrogens with zero attached hydrogens (tertiary/aromatic N) is 2. The molecule has 4 nitrogen and oxygen atoms in total. The van der Waals surface area contributed by atoms with Crippen molar-refractivity contribution in [2.24, 2.45) is 0 Å². The minimum Gasteiger partial charge on any atom is -0.394 e. The highest BCUT2D eigenvalue weighted by Crippen LogP contribution is 2.08. The summed E-state index contributed by atoms with van der Waals surface area (Å²) in [5, 5.41) is 12.5. The van der Waals surface area contributed by atoms with Crippen LogP contribution in [0.1, 0.15) is 31.8 Å². The Morgan fingerprint density at radius 1 is 1.53 bits per heavy atom. The van der Waals surface area contributed by atoms with Crippen molar-refractivity contribution >= 4 is 0 Å². The number of hydrogen-bond acceptors (Lipinski definition) is 4. The van der Waals surface area contributed by atoms with Crippen LogP contribution in [0.3, 0.4) is 0 Å². The number of rotatable bonds is 5. The van der Waals surface area contributed by atoms with Crippen LogP contribution in [-0.4, -0.2) is 27.2 Å². The van der Waals surface area contributed by atoms with Gasteiger partial charge in [0.15, 0.2) is 0 Å². The molecule has 4 heteroatoms. The Hall–Kier alpha value is -1.00. The molecule has 1 atom stereocenters. The van der Waals surface area contributed by atoms with Crippen LogP contribution in [0, 0.1) is 6.92 Å². The van der Waals surface area contributed by atoms with Gasteiger partial charge < -0.3 is 10.4 Å². The molecule has 1 aromatic rings. The summed E-state index contributed by atoms with van der Waals surface area (Å²) in [6, 6.07) is 1.88. The molecule has 1 heterocycles. The number of hydrogen-bond donors (Lipinski definition) is 2. The summed E-state index contributed by atoms with van der Waals surface area (Å²) in [6.07, 6.45) is 2.63. The minimum absolute atomic E-state index is 0.133. The Bertz CT molecular complexity index is 310. The third-order valence-corrected chi connectivity index (χ3v) is 2.66. The lowest BCUT2D eigenvalue weighted by Crippen LogP contribution is -2.44. The molecule has 0 aliphatic rings. The highest BCUT2D eigenvalue weighted by atomic mass is 16.3. The maximum atomic E-state index is 9.22. The molecule has 0 aliphatic heterocycles. The molecular weight excluding hydrogens is 190 g/mol. The van der Waals surface area contributed by atoms with Crippen molar-refractivity contribution < 1.29 is 5.11 Å². The van der Waals surface area contributed by atoms with Crippen LogP contribution in [0.25, 0.3) is 0 Å². The van der Waals surface area contributed by atoms with E-state index in [0.717, 1.165) is 17.9 Å². The Kier molecular flexibility index (Phi) is 4.17. The van der Waals surface area contributed by atoms with E-state index in [1.54, 1.807) is 6.20 Å². The van der Waals surface area contributed by atoms with Gasteiger partial charge in [-0.15, -0.1) is 0 Å². The molecular formula is C11H19N3O. The molecule has 0 fully saturated rings. The van der Waals surface area contributed by atoms with Gasteiger partial charge in [0.1, 0.15) is 5.82 Å². The van der Waals surface area contributed by atoms with Gasteiger partial charge in [0.05, 0.1) is 12.3 Å². The molecule has 0 aliphatic carbocycles. The van der Waals surface area contributed by atoms with E-state index in [0.29, 0.717) is 6.54 Å². The normalized spacial score (nSPS) is 14.9. The first-order valence-corrected chi connectivity index (χ1v) is 5.24. The van der Waals surface area contributed by atoms with Crippen molar-refractivity contribution in [3.63, 3.8) is 0 Å². The lowest BCUT2D eigenvalue weighted by atomic mass is 10.0. The fourth-order valence-corrected chi connectivity index (χ4v) is 1.20. The maximum Gasteiger partial charge on any atom is 0.125 e. The van der Waals surface area contributed by atoms with E-state index in [-0.39, 0.29) is 12.1 Å². The van der Waals surface area contributed by atoms with Crippen LogP contribution in [0.2, 0.25) is 0 Å². The molecule has 1 rings (SSSR count). The number of aliphatic hydroxyl groups excluding tert-OH is 1. The fraction of sp³-hybridized carbons (Fsp3) is 0.636. The predicted octanol–water partition coefficient (Wildman–Crippen LogP) is 1.04. The summed E-state index contributed by atoms with van der Waals surface area (Å²) >= 11 is 0. The largest absolute Gasteiger partial charge is 0.394 e. The van der Waals surface area contributed by atoms with Gasteiger partial charge in [-0.05, 0) is 26.3 Å². The average Bonchev–Trinajstić information content (AvgIpc) is 2.26. The van der Waals surface area contributed by atoms with Gasteiger partial charge in [-0.25, -0.2) is 9.97 Å². The van der Waals surface area contributed by atoms with E-state index in [4.69, 9.17) is 0 Å². The molecule has 2 N–H and O–H groups in total. The molecule has 0 saturated heterocycles. The zero-order valence-corrected chi connectivity index (χ0v) is 9.62. The molecule has 1 unspecified atom stereocenters. The van der Waals surface area contributed by atoms with Crippen LogP contribution in [0.4, 0.5) is 0 Å². The van der Waals surface area contributed by atoms with Crippen molar-refractivity contribution in [3.8, 4) is 0 Å². The van der Waals surface area contributed by atoms with Crippen LogP contribution in [0.15, 0.2) is 12.3 Å². The lowest BCUT2D eigenvalue weighted by molar-refractivity contribution is 0.168. The second-order valence-electron chi connectivity index (χ2n) is 4.02. The summed E-state index contributed by atoms with van der Waals surface area (Å²) in [7, 11) is 0. The molecule has 1 aromatic heterocycles. The van der Waals surface area contributed by atoms with Crippen LogP contribution >= 0.6 is 0 Å². The summed E-state index contributed by atoms with van der Waals surface area (Å²) in [5.74, 6) is 0.775. The maximum absolute atomic E-state index is 9.22.